The summed E-state index contributed by atoms with van der Waals surface area (Å²) in [5, 5.41) is 8.99. The van der Waals surface area contributed by atoms with Crippen molar-refractivity contribution < 1.29 is 19.4 Å². The third kappa shape index (κ3) is 2.53. The second-order valence-corrected chi connectivity index (χ2v) is 4.27. The molecule has 0 aliphatic carbocycles. The number of ether oxygens (including phenoxy) is 2. The number of hydrogen-bond donors (Lipinski definition) is 2. The molecule has 5 nitrogen and oxygen atoms in total. The van der Waals surface area contributed by atoms with Gasteiger partial charge in [-0.2, -0.15) is 0 Å². The van der Waals surface area contributed by atoms with E-state index < -0.39 is 12.0 Å². The summed E-state index contributed by atoms with van der Waals surface area (Å²) in [5.74, 6) is -0.337. The van der Waals surface area contributed by atoms with Crippen LogP contribution in [0.25, 0.3) is 0 Å². The minimum atomic E-state index is -1.17. The van der Waals surface area contributed by atoms with Gasteiger partial charge in [0.1, 0.15) is 6.04 Å². The summed E-state index contributed by atoms with van der Waals surface area (Å²) in [5.41, 5.74) is 6.84. The molecule has 94 valence electrons. The molecule has 0 spiro atoms. The van der Waals surface area contributed by atoms with Gasteiger partial charge in [-0.3, -0.25) is 4.79 Å². The highest BCUT2D eigenvalue weighted by atomic mass is 79.9. The first-order chi connectivity index (χ1) is 7.93. The number of rotatable bonds is 4. The highest BCUT2D eigenvalue weighted by molar-refractivity contribution is 9.10. The summed E-state index contributed by atoms with van der Waals surface area (Å²) < 4.78 is 10.9. The fourth-order valence-corrected chi connectivity index (χ4v) is 2.07. The second kappa shape index (κ2) is 5.37. The minimum Gasteiger partial charge on any atom is -0.493 e. The molecule has 1 rings (SSSR count). The Hall–Kier alpha value is -1.27. The lowest BCUT2D eigenvalue weighted by atomic mass is 10.0. The fourth-order valence-electron chi connectivity index (χ4n) is 1.53. The number of carboxylic acid groups (broad SMARTS) is 1. The molecule has 0 aliphatic rings. The van der Waals surface area contributed by atoms with Crippen LogP contribution in [0.5, 0.6) is 11.5 Å². The second-order valence-electron chi connectivity index (χ2n) is 3.47. The zero-order chi connectivity index (χ0) is 13.2. The van der Waals surface area contributed by atoms with Crippen LogP contribution in [0.4, 0.5) is 0 Å². The van der Waals surface area contributed by atoms with Gasteiger partial charge in [0.25, 0.3) is 0 Å². The summed E-state index contributed by atoms with van der Waals surface area (Å²) in [6, 6.07) is 0.578. The Morgan fingerprint density at radius 3 is 2.47 bits per heavy atom. The van der Waals surface area contributed by atoms with E-state index in [2.05, 4.69) is 15.9 Å². The van der Waals surface area contributed by atoms with Crippen molar-refractivity contribution in [3.05, 3.63) is 21.7 Å². The van der Waals surface area contributed by atoms with Gasteiger partial charge in [0.15, 0.2) is 11.5 Å². The predicted octanol–water partition coefficient (Wildman–Crippen LogP) is 1.86. The minimum absolute atomic E-state index is 0.333. The smallest absolute Gasteiger partial charge is 0.325 e. The predicted molar refractivity (Wildman–Crippen MR) is 66.5 cm³/mol. The van der Waals surface area contributed by atoms with E-state index in [1.807, 2.05) is 6.92 Å². The summed E-state index contributed by atoms with van der Waals surface area (Å²) in [6.07, 6.45) is 0. The topological polar surface area (TPSA) is 81.8 Å². The Balaban J connectivity index is 3.53. The normalized spacial score (nSPS) is 12.1. The van der Waals surface area contributed by atoms with Gasteiger partial charge in [-0.25, -0.2) is 0 Å². The molecule has 1 atom stereocenters. The van der Waals surface area contributed by atoms with Gasteiger partial charge in [0.05, 0.1) is 14.2 Å². The van der Waals surface area contributed by atoms with Gasteiger partial charge in [-0.15, -0.1) is 0 Å². The average Bonchev–Trinajstić information content (AvgIpc) is 2.30. The van der Waals surface area contributed by atoms with E-state index in [-0.39, 0.29) is 0 Å². The molecule has 0 aliphatic heterocycles. The molecule has 1 aromatic carbocycles. The highest BCUT2D eigenvalue weighted by Gasteiger charge is 2.26. The van der Waals surface area contributed by atoms with Crippen LogP contribution in [0.3, 0.4) is 0 Å². The van der Waals surface area contributed by atoms with Crippen LogP contribution < -0.4 is 15.2 Å². The van der Waals surface area contributed by atoms with E-state index >= 15 is 0 Å². The van der Waals surface area contributed by atoms with E-state index in [1.165, 1.54) is 14.2 Å². The number of methoxy groups -OCH3 is 2. The van der Waals surface area contributed by atoms with Crippen molar-refractivity contribution in [1.82, 2.24) is 0 Å². The van der Waals surface area contributed by atoms with Crippen LogP contribution in [0.15, 0.2) is 10.5 Å². The quantitative estimate of drug-likeness (QED) is 0.887. The zero-order valence-electron chi connectivity index (χ0n) is 9.78. The summed E-state index contributed by atoms with van der Waals surface area (Å²) in [4.78, 5) is 11.0. The fraction of sp³-hybridized carbons (Fsp3) is 0.364. The van der Waals surface area contributed by atoms with Gasteiger partial charge in [-0.1, -0.05) is 15.9 Å². The molecule has 0 saturated heterocycles. The van der Waals surface area contributed by atoms with Crippen molar-refractivity contribution in [3.63, 3.8) is 0 Å². The lowest BCUT2D eigenvalue weighted by Gasteiger charge is -2.18. The molecule has 0 saturated carbocycles. The first-order valence-electron chi connectivity index (χ1n) is 4.83. The third-order valence-corrected chi connectivity index (χ3v) is 3.45. The molecule has 0 bridgehead atoms. The first-order valence-corrected chi connectivity index (χ1v) is 5.62. The van der Waals surface area contributed by atoms with Crippen molar-refractivity contribution in [2.75, 3.05) is 14.2 Å². The lowest BCUT2D eigenvalue weighted by molar-refractivity contribution is -0.138. The monoisotopic (exact) mass is 303 g/mol. The number of aliphatic carboxylic acids is 1. The SMILES string of the molecule is COc1cc(C)c(Br)c(C(N)C(=O)O)c1OC. The number of aryl methyl sites for hydroxylation is 1. The Kier molecular flexibility index (Phi) is 4.36. The van der Waals surface area contributed by atoms with Crippen LogP contribution >= 0.6 is 15.9 Å². The largest absolute Gasteiger partial charge is 0.493 e. The van der Waals surface area contributed by atoms with Crippen molar-refractivity contribution in [3.8, 4) is 11.5 Å². The van der Waals surface area contributed by atoms with Gasteiger partial charge >= 0.3 is 5.97 Å². The summed E-state index contributed by atoms with van der Waals surface area (Å²) in [7, 11) is 2.93. The molecule has 17 heavy (non-hydrogen) atoms. The van der Waals surface area contributed by atoms with Crippen LogP contribution in [0.1, 0.15) is 17.2 Å². The number of hydrogen-bond acceptors (Lipinski definition) is 4. The first kappa shape index (κ1) is 13.8. The van der Waals surface area contributed by atoms with Gasteiger partial charge < -0.3 is 20.3 Å². The Labute approximate surface area is 108 Å². The van der Waals surface area contributed by atoms with E-state index in [0.29, 0.717) is 21.5 Å². The maximum Gasteiger partial charge on any atom is 0.325 e. The van der Waals surface area contributed by atoms with E-state index in [0.717, 1.165) is 5.56 Å². The van der Waals surface area contributed by atoms with Crippen LogP contribution in [0, 0.1) is 6.92 Å². The molecular formula is C11H14BrNO4. The third-order valence-electron chi connectivity index (χ3n) is 2.40. The molecule has 0 aromatic heterocycles. The van der Waals surface area contributed by atoms with Crippen LogP contribution in [-0.2, 0) is 4.79 Å². The Bertz CT molecular complexity index is 448. The van der Waals surface area contributed by atoms with E-state index in [1.54, 1.807) is 6.07 Å². The van der Waals surface area contributed by atoms with E-state index in [9.17, 15) is 4.79 Å². The maximum atomic E-state index is 11.0. The zero-order valence-corrected chi connectivity index (χ0v) is 11.4. The van der Waals surface area contributed by atoms with E-state index in [4.69, 9.17) is 20.3 Å². The van der Waals surface area contributed by atoms with Crippen molar-refractivity contribution in [2.24, 2.45) is 5.73 Å². The standard InChI is InChI=1S/C11H14BrNO4/c1-5-4-6(16-2)10(17-3)7(8(5)12)9(13)11(14)15/h4,9H,13H2,1-3H3,(H,14,15). The molecule has 1 unspecified atom stereocenters. The Morgan fingerprint density at radius 1 is 1.47 bits per heavy atom. The van der Waals surface area contributed by atoms with Gasteiger partial charge in [-0.05, 0) is 18.6 Å². The summed E-state index contributed by atoms with van der Waals surface area (Å²) in [6.45, 7) is 1.82. The molecular weight excluding hydrogens is 290 g/mol. The Morgan fingerprint density at radius 2 is 2.06 bits per heavy atom. The van der Waals surface area contributed by atoms with Gasteiger partial charge in [0.2, 0.25) is 0 Å². The molecule has 1 aromatic rings. The van der Waals surface area contributed by atoms with Crippen molar-refractivity contribution in [1.29, 1.82) is 0 Å². The van der Waals surface area contributed by atoms with Crippen LogP contribution in [0.2, 0.25) is 0 Å². The molecule has 0 radical (unpaired) electrons. The number of halogens is 1. The number of carbonyl (C=O) groups is 1. The molecule has 6 heteroatoms. The lowest BCUT2D eigenvalue weighted by Crippen LogP contribution is -2.22. The van der Waals surface area contributed by atoms with Gasteiger partial charge in [0, 0.05) is 10.0 Å². The number of nitrogens with two attached hydrogens (primary N) is 1. The van der Waals surface area contributed by atoms with Crippen molar-refractivity contribution in [2.45, 2.75) is 13.0 Å². The molecule has 0 amide bonds. The molecule has 0 fully saturated rings. The molecule has 0 heterocycles. The summed E-state index contributed by atoms with van der Waals surface area (Å²) >= 11 is 3.33. The molecule has 3 N–H and O–H groups in total. The number of benzene rings is 1. The highest BCUT2D eigenvalue weighted by Crippen LogP contribution is 2.41. The van der Waals surface area contributed by atoms with Crippen LogP contribution in [-0.4, -0.2) is 25.3 Å². The maximum absolute atomic E-state index is 11.0. The average molecular weight is 304 g/mol. The number of carboxylic acids is 1. The van der Waals surface area contributed by atoms with Crippen molar-refractivity contribution >= 4 is 21.9 Å².